The van der Waals surface area contributed by atoms with Crippen molar-refractivity contribution >= 4 is 5.91 Å². The number of amides is 1. The van der Waals surface area contributed by atoms with Gasteiger partial charge in [0.1, 0.15) is 11.6 Å². The SMILES string of the molecule is C[C@@H](c1ccc(F)cc1F)N1CCN(Cc2ccc(C(N)=O)cc2)CC1. The molecule has 1 aliphatic heterocycles. The van der Waals surface area contributed by atoms with Crippen LogP contribution in [0, 0.1) is 11.6 Å². The zero-order chi connectivity index (χ0) is 18.7. The van der Waals surface area contributed by atoms with E-state index in [2.05, 4.69) is 9.80 Å². The second-order valence-corrected chi connectivity index (χ2v) is 6.72. The van der Waals surface area contributed by atoms with Crippen LogP contribution in [0.15, 0.2) is 42.5 Å². The maximum atomic E-state index is 14.0. The van der Waals surface area contributed by atoms with E-state index in [1.165, 1.54) is 12.1 Å². The molecule has 0 radical (unpaired) electrons. The van der Waals surface area contributed by atoms with E-state index in [4.69, 9.17) is 5.73 Å². The van der Waals surface area contributed by atoms with E-state index in [-0.39, 0.29) is 6.04 Å². The van der Waals surface area contributed by atoms with Gasteiger partial charge in [-0.05, 0) is 30.7 Å². The first kappa shape index (κ1) is 18.5. The van der Waals surface area contributed by atoms with Gasteiger partial charge in [-0.15, -0.1) is 0 Å². The first-order chi connectivity index (χ1) is 12.4. The molecule has 1 amide bonds. The highest BCUT2D eigenvalue weighted by Gasteiger charge is 2.24. The van der Waals surface area contributed by atoms with Crippen molar-refractivity contribution in [2.45, 2.75) is 19.5 Å². The lowest BCUT2D eigenvalue weighted by Crippen LogP contribution is -2.46. The molecule has 138 valence electrons. The zero-order valence-electron chi connectivity index (χ0n) is 14.8. The Kier molecular flexibility index (Phi) is 5.64. The van der Waals surface area contributed by atoms with Crippen molar-refractivity contribution in [2.24, 2.45) is 5.73 Å². The average Bonchev–Trinajstić information content (AvgIpc) is 2.62. The number of hydrogen-bond acceptors (Lipinski definition) is 3. The summed E-state index contributed by atoms with van der Waals surface area (Å²) in [6, 6.07) is 11.0. The molecule has 26 heavy (non-hydrogen) atoms. The highest BCUT2D eigenvalue weighted by Crippen LogP contribution is 2.25. The molecule has 1 saturated heterocycles. The van der Waals surface area contributed by atoms with E-state index in [0.717, 1.165) is 44.4 Å². The fraction of sp³-hybridized carbons (Fsp3) is 0.350. The van der Waals surface area contributed by atoms with Crippen molar-refractivity contribution in [3.8, 4) is 0 Å². The highest BCUT2D eigenvalue weighted by atomic mass is 19.1. The molecule has 2 aromatic carbocycles. The second kappa shape index (κ2) is 7.93. The molecule has 1 aliphatic rings. The van der Waals surface area contributed by atoms with Gasteiger partial charge in [-0.25, -0.2) is 8.78 Å². The van der Waals surface area contributed by atoms with Crippen LogP contribution in [-0.2, 0) is 6.54 Å². The summed E-state index contributed by atoms with van der Waals surface area (Å²) in [7, 11) is 0. The van der Waals surface area contributed by atoms with Crippen LogP contribution >= 0.6 is 0 Å². The summed E-state index contributed by atoms with van der Waals surface area (Å²) in [5.74, 6) is -1.47. The molecule has 0 aliphatic carbocycles. The average molecular weight is 359 g/mol. The highest BCUT2D eigenvalue weighted by molar-refractivity contribution is 5.92. The first-order valence-corrected chi connectivity index (χ1v) is 8.74. The van der Waals surface area contributed by atoms with Crippen molar-refractivity contribution in [3.63, 3.8) is 0 Å². The molecule has 0 aromatic heterocycles. The minimum absolute atomic E-state index is 0.0902. The summed E-state index contributed by atoms with van der Waals surface area (Å²) >= 11 is 0. The molecule has 0 saturated carbocycles. The monoisotopic (exact) mass is 359 g/mol. The molecule has 2 N–H and O–H groups in total. The van der Waals surface area contributed by atoms with Crippen LogP contribution in [0.2, 0.25) is 0 Å². The maximum absolute atomic E-state index is 14.0. The van der Waals surface area contributed by atoms with Crippen LogP contribution in [0.4, 0.5) is 8.78 Å². The zero-order valence-corrected chi connectivity index (χ0v) is 14.8. The Morgan fingerprint density at radius 1 is 1.08 bits per heavy atom. The summed E-state index contributed by atoms with van der Waals surface area (Å²) in [5, 5.41) is 0. The van der Waals surface area contributed by atoms with Gasteiger partial charge in [-0.1, -0.05) is 18.2 Å². The number of halogens is 2. The Morgan fingerprint density at radius 2 is 1.73 bits per heavy atom. The van der Waals surface area contributed by atoms with Gasteiger partial charge in [0.25, 0.3) is 0 Å². The summed E-state index contributed by atoms with van der Waals surface area (Å²) in [4.78, 5) is 15.7. The third-order valence-electron chi connectivity index (χ3n) is 5.01. The van der Waals surface area contributed by atoms with Gasteiger partial charge in [0.2, 0.25) is 5.91 Å². The number of nitrogens with two attached hydrogens (primary N) is 1. The largest absolute Gasteiger partial charge is 0.366 e. The lowest BCUT2D eigenvalue weighted by molar-refractivity contribution is 0.0965. The van der Waals surface area contributed by atoms with Gasteiger partial charge < -0.3 is 5.73 Å². The molecule has 4 nitrogen and oxygen atoms in total. The van der Waals surface area contributed by atoms with Crippen molar-refractivity contribution in [3.05, 3.63) is 70.8 Å². The lowest BCUT2D eigenvalue weighted by Gasteiger charge is -2.38. The van der Waals surface area contributed by atoms with E-state index in [0.29, 0.717) is 11.1 Å². The molecule has 0 bridgehead atoms. The Balaban J connectivity index is 1.56. The Morgan fingerprint density at radius 3 is 2.31 bits per heavy atom. The van der Waals surface area contributed by atoms with E-state index in [1.54, 1.807) is 12.1 Å². The minimum Gasteiger partial charge on any atom is -0.366 e. The van der Waals surface area contributed by atoms with E-state index in [9.17, 15) is 13.6 Å². The summed E-state index contributed by atoms with van der Waals surface area (Å²) in [6.07, 6.45) is 0. The predicted octanol–water partition coefficient (Wildman–Crippen LogP) is 2.94. The molecule has 1 heterocycles. The van der Waals surface area contributed by atoms with Crippen LogP contribution in [0.3, 0.4) is 0 Å². The predicted molar refractivity (Wildman–Crippen MR) is 96.6 cm³/mol. The van der Waals surface area contributed by atoms with E-state index >= 15 is 0 Å². The number of primary amides is 1. The number of carbonyl (C=O) groups is 1. The van der Waals surface area contributed by atoms with E-state index < -0.39 is 17.5 Å². The van der Waals surface area contributed by atoms with Crippen LogP contribution < -0.4 is 5.73 Å². The van der Waals surface area contributed by atoms with Crippen LogP contribution in [0.5, 0.6) is 0 Å². The fourth-order valence-electron chi connectivity index (χ4n) is 3.38. The van der Waals surface area contributed by atoms with Crippen molar-refractivity contribution < 1.29 is 13.6 Å². The molecular formula is C20H23F2N3O. The molecular weight excluding hydrogens is 336 g/mol. The van der Waals surface area contributed by atoms with Crippen LogP contribution in [0.25, 0.3) is 0 Å². The number of rotatable bonds is 5. The summed E-state index contributed by atoms with van der Waals surface area (Å²) < 4.78 is 27.1. The van der Waals surface area contributed by atoms with Crippen molar-refractivity contribution in [2.75, 3.05) is 26.2 Å². The lowest BCUT2D eigenvalue weighted by atomic mass is 10.0. The summed E-state index contributed by atoms with van der Waals surface area (Å²) in [5.41, 5.74) is 7.42. The number of hydrogen-bond donors (Lipinski definition) is 1. The molecule has 0 spiro atoms. The van der Waals surface area contributed by atoms with E-state index in [1.807, 2.05) is 19.1 Å². The standard InChI is InChI=1S/C20H23F2N3O/c1-14(18-7-6-17(21)12-19(18)22)25-10-8-24(9-11-25)13-15-2-4-16(5-3-15)20(23)26/h2-7,12,14H,8-11,13H2,1H3,(H2,23,26)/t14-/m0/s1. The molecule has 3 rings (SSSR count). The third-order valence-corrected chi connectivity index (χ3v) is 5.01. The third kappa shape index (κ3) is 4.26. The molecule has 1 atom stereocenters. The van der Waals surface area contributed by atoms with Gasteiger partial charge in [0, 0.05) is 56.0 Å². The smallest absolute Gasteiger partial charge is 0.248 e. The Bertz CT molecular complexity index is 771. The van der Waals surface area contributed by atoms with Gasteiger partial charge in [-0.2, -0.15) is 0 Å². The maximum Gasteiger partial charge on any atom is 0.248 e. The Labute approximate surface area is 152 Å². The number of nitrogens with zero attached hydrogens (tertiary/aromatic N) is 2. The first-order valence-electron chi connectivity index (χ1n) is 8.74. The normalized spacial score (nSPS) is 17.2. The fourth-order valence-corrected chi connectivity index (χ4v) is 3.38. The number of carbonyl (C=O) groups excluding carboxylic acids is 1. The van der Waals surface area contributed by atoms with Gasteiger partial charge >= 0.3 is 0 Å². The quantitative estimate of drug-likeness (QED) is 0.893. The molecule has 1 fully saturated rings. The topological polar surface area (TPSA) is 49.6 Å². The molecule has 2 aromatic rings. The summed E-state index contributed by atoms with van der Waals surface area (Å²) in [6.45, 7) is 6.12. The Hall–Kier alpha value is -2.31. The minimum atomic E-state index is -0.550. The van der Waals surface area contributed by atoms with Gasteiger partial charge in [0.15, 0.2) is 0 Å². The van der Waals surface area contributed by atoms with Gasteiger partial charge in [-0.3, -0.25) is 14.6 Å². The van der Waals surface area contributed by atoms with Gasteiger partial charge in [0.05, 0.1) is 0 Å². The molecule has 6 heteroatoms. The van der Waals surface area contributed by atoms with Crippen LogP contribution in [-0.4, -0.2) is 41.9 Å². The second-order valence-electron chi connectivity index (χ2n) is 6.72. The van der Waals surface area contributed by atoms with Crippen molar-refractivity contribution in [1.82, 2.24) is 9.80 Å². The van der Waals surface area contributed by atoms with Crippen LogP contribution in [0.1, 0.15) is 34.5 Å². The number of piperazine rings is 1. The number of benzene rings is 2. The van der Waals surface area contributed by atoms with Crippen molar-refractivity contribution in [1.29, 1.82) is 0 Å². The molecule has 0 unspecified atom stereocenters.